The van der Waals surface area contributed by atoms with Crippen LogP contribution in [-0.2, 0) is 14.4 Å². The van der Waals surface area contributed by atoms with Gasteiger partial charge in [0.05, 0.1) is 12.5 Å². The average Bonchev–Trinajstić information content (AvgIpc) is 3.01. The molecule has 1 aromatic carbocycles. The Balaban J connectivity index is 1.71. The SMILES string of the molecule is CN1CC(=O)N(c2ccc(C3CC(C(=O)O)CN3)cc2)CC1=O. The Hall–Kier alpha value is -2.41. The van der Waals surface area contributed by atoms with E-state index in [1.807, 2.05) is 24.3 Å². The molecule has 0 spiro atoms. The number of benzene rings is 1. The minimum atomic E-state index is -0.779. The van der Waals surface area contributed by atoms with Gasteiger partial charge >= 0.3 is 5.97 Å². The number of piperazine rings is 1. The van der Waals surface area contributed by atoms with Crippen molar-refractivity contribution in [1.29, 1.82) is 0 Å². The lowest BCUT2D eigenvalue weighted by Crippen LogP contribution is -2.52. The molecule has 2 unspecified atom stereocenters. The zero-order valence-electron chi connectivity index (χ0n) is 12.9. The van der Waals surface area contributed by atoms with Gasteiger partial charge in [0.2, 0.25) is 11.8 Å². The first-order chi connectivity index (χ1) is 11.0. The summed E-state index contributed by atoms with van der Waals surface area (Å²) in [6.45, 7) is 0.607. The van der Waals surface area contributed by atoms with Gasteiger partial charge in [0, 0.05) is 25.3 Å². The molecule has 0 aliphatic carbocycles. The number of anilines is 1. The number of nitrogens with one attached hydrogen (secondary N) is 1. The van der Waals surface area contributed by atoms with Crippen molar-refractivity contribution in [3.63, 3.8) is 0 Å². The number of hydrogen-bond donors (Lipinski definition) is 2. The maximum Gasteiger partial charge on any atom is 0.307 e. The second-order valence-electron chi connectivity index (χ2n) is 6.05. The Morgan fingerprint density at radius 3 is 2.48 bits per heavy atom. The molecular weight excluding hydrogens is 298 g/mol. The van der Waals surface area contributed by atoms with Crippen molar-refractivity contribution in [3.05, 3.63) is 29.8 Å². The number of rotatable bonds is 3. The maximum atomic E-state index is 12.1. The quantitative estimate of drug-likeness (QED) is 0.833. The third-order valence-electron chi connectivity index (χ3n) is 4.48. The molecule has 2 amide bonds. The summed E-state index contributed by atoms with van der Waals surface area (Å²) in [7, 11) is 1.62. The van der Waals surface area contributed by atoms with Crippen LogP contribution in [0.5, 0.6) is 0 Å². The standard InChI is InChI=1S/C16H19N3O4/c1-18-8-15(21)19(9-14(18)20)12-4-2-10(3-5-12)13-6-11(7-17-13)16(22)23/h2-5,11,13,17H,6-9H2,1H3,(H,22,23). The Morgan fingerprint density at radius 1 is 1.17 bits per heavy atom. The smallest absolute Gasteiger partial charge is 0.307 e. The summed E-state index contributed by atoms with van der Waals surface area (Å²) in [4.78, 5) is 37.7. The Labute approximate surface area is 133 Å². The first-order valence-electron chi connectivity index (χ1n) is 7.56. The van der Waals surface area contributed by atoms with Gasteiger partial charge < -0.3 is 20.2 Å². The topological polar surface area (TPSA) is 90.0 Å². The van der Waals surface area contributed by atoms with Crippen molar-refractivity contribution in [2.75, 3.05) is 31.6 Å². The molecular formula is C16H19N3O4. The van der Waals surface area contributed by atoms with Gasteiger partial charge in [-0.25, -0.2) is 0 Å². The fraction of sp³-hybridized carbons (Fsp3) is 0.438. The Morgan fingerprint density at radius 2 is 1.87 bits per heavy atom. The number of aliphatic carboxylic acids is 1. The van der Waals surface area contributed by atoms with Crippen LogP contribution in [0, 0.1) is 5.92 Å². The number of likely N-dealkylation sites (N-methyl/N-ethyl adjacent to an activating group) is 1. The van der Waals surface area contributed by atoms with E-state index < -0.39 is 5.97 Å². The van der Waals surface area contributed by atoms with E-state index >= 15 is 0 Å². The summed E-state index contributed by atoms with van der Waals surface area (Å²) in [5, 5.41) is 12.3. The third-order valence-corrected chi connectivity index (χ3v) is 4.48. The van der Waals surface area contributed by atoms with Crippen molar-refractivity contribution in [2.45, 2.75) is 12.5 Å². The summed E-state index contributed by atoms with van der Waals surface area (Å²) < 4.78 is 0. The van der Waals surface area contributed by atoms with E-state index in [1.165, 1.54) is 9.80 Å². The minimum absolute atomic E-state index is 0.00923. The summed E-state index contributed by atoms with van der Waals surface area (Å²) in [6, 6.07) is 7.39. The Bertz CT molecular complexity index is 643. The van der Waals surface area contributed by atoms with E-state index in [9.17, 15) is 14.4 Å². The second kappa shape index (κ2) is 6.00. The number of carbonyl (C=O) groups excluding carboxylic acids is 2. The highest BCUT2D eigenvalue weighted by Gasteiger charge is 2.31. The molecule has 0 saturated carbocycles. The van der Waals surface area contributed by atoms with E-state index in [2.05, 4.69) is 5.32 Å². The van der Waals surface area contributed by atoms with Crippen LogP contribution in [-0.4, -0.2) is 54.5 Å². The van der Waals surface area contributed by atoms with E-state index in [-0.39, 0.29) is 36.9 Å². The van der Waals surface area contributed by atoms with Crippen LogP contribution in [0.2, 0.25) is 0 Å². The molecule has 0 bridgehead atoms. The molecule has 2 saturated heterocycles. The highest BCUT2D eigenvalue weighted by Crippen LogP contribution is 2.29. The average molecular weight is 317 g/mol. The number of carboxylic acid groups (broad SMARTS) is 1. The molecule has 7 nitrogen and oxygen atoms in total. The van der Waals surface area contributed by atoms with E-state index in [4.69, 9.17) is 5.11 Å². The number of carbonyl (C=O) groups is 3. The van der Waals surface area contributed by atoms with Crippen molar-refractivity contribution in [2.24, 2.45) is 5.92 Å². The molecule has 2 heterocycles. The molecule has 23 heavy (non-hydrogen) atoms. The molecule has 2 aliphatic rings. The Kier molecular flexibility index (Phi) is 4.04. The van der Waals surface area contributed by atoms with E-state index in [1.54, 1.807) is 7.05 Å². The fourth-order valence-corrected chi connectivity index (χ4v) is 3.02. The van der Waals surface area contributed by atoms with Crippen LogP contribution in [0.15, 0.2) is 24.3 Å². The van der Waals surface area contributed by atoms with Crippen LogP contribution >= 0.6 is 0 Å². The van der Waals surface area contributed by atoms with Gasteiger partial charge in [-0.05, 0) is 24.1 Å². The first kappa shape index (κ1) is 15.5. The van der Waals surface area contributed by atoms with Gasteiger partial charge in [0.1, 0.15) is 6.54 Å². The van der Waals surface area contributed by atoms with E-state index in [0.29, 0.717) is 18.7 Å². The largest absolute Gasteiger partial charge is 0.481 e. The zero-order valence-corrected chi connectivity index (χ0v) is 12.9. The van der Waals surface area contributed by atoms with Gasteiger partial charge in [0.25, 0.3) is 0 Å². The molecule has 3 rings (SSSR count). The van der Waals surface area contributed by atoms with Crippen LogP contribution in [0.1, 0.15) is 18.0 Å². The third kappa shape index (κ3) is 3.05. The normalized spacial score (nSPS) is 25.1. The number of hydrogen-bond acceptors (Lipinski definition) is 4. The predicted molar refractivity (Wildman–Crippen MR) is 82.9 cm³/mol. The lowest BCUT2D eigenvalue weighted by molar-refractivity contribution is -0.141. The van der Waals surface area contributed by atoms with Gasteiger partial charge in [-0.2, -0.15) is 0 Å². The molecule has 1 aromatic rings. The molecule has 0 radical (unpaired) electrons. The number of amides is 2. The lowest BCUT2D eigenvalue weighted by Gasteiger charge is -2.31. The van der Waals surface area contributed by atoms with Crippen LogP contribution in [0.4, 0.5) is 5.69 Å². The van der Waals surface area contributed by atoms with Crippen molar-refractivity contribution in [1.82, 2.24) is 10.2 Å². The molecule has 7 heteroatoms. The fourth-order valence-electron chi connectivity index (χ4n) is 3.02. The highest BCUT2D eigenvalue weighted by molar-refractivity contribution is 6.04. The summed E-state index contributed by atoms with van der Waals surface area (Å²) in [5.41, 5.74) is 1.68. The lowest BCUT2D eigenvalue weighted by atomic mass is 10.00. The highest BCUT2D eigenvalue weighted by atomic mass is 16.4. The molecule has 2 fully saturated rings. The zero-order chi connectivity index (χ0) is 16.6. The van der Waals surface area contributed by atoms with Crippen LogP contribution in [0.25, 0.3) is 0 Å². The van der Waals surface area contributed by atoms with Crippen molar-refractivity contribution >= 4 is 23.5 Å². The van der Waals surface area contributed by atoms with Crippen LogP contribution in [0.3, 0.4) is 0 Å². The minimum Gasteiger partial charge on any atom is -0.481 e. The van der Waals surface area contributed by atoms with Gasteiger partial charge in [-0.15, -0.1) is 0 Å². The maximum absolute atomic E-state index is 12.1. The molecule has 2 atom stereocenters. The summed E-state index contributed by atoms with van der Waals surface area (Å²) in [6.07, 6.45) is 0.556. The molecule has 0 aromatic heterocycles. The van der Waals surface area contributed by atoms with Crippen LogP contribution < -0.4 is 10.2 Å². The van der Waals surface area contributed by atoms with Gasteiger partial charge in [-0.3, -0.25) is 14.4 Å². The van der Waals surface area contributed by atoms with Crippen molar-refractivity contribution in [3.8, 4) is 0 Å². The molecule has 2 aliphatic heterocycles. The molecule has 122 valence electrons. The molecule has 2 N–H and O–H groups in total. The monoisotopic (exact) mass is 317 g/mol. The number of carboxylic acids is 1. The van der Waals surface area contributed by atoms with Gasteiger partial charge in [-0.1, -0.05) is 12.1 Å². The van der Waals surface area contributed by atoms with Gasteiger partial charge in [0.15, 0.2) is 0 Å². The van der Waals surface area contributed by atoms with E-state index in [0.717, 1.165) is 5.56 Å². The predicted octanol–water partition coefficient (Wildman–Crippen LogP) is 0.227. The number of nitrogens with zero attached hydrogens (tertiary/aromatic N) is 2. The summed E-state index contributed by atoms with van der Waals surface area (Å²) in [5.74, 6) is -1.34. The second-order valence-corrected chi connectivity index (χ2v) is 6.05. The van der Waals surface area contributed by atoms with Crippen molar-refractivity contribution < 1.29 is 19.5 Å². The first-order valence-corrected chi connectivity index (χ1v) is 7.56. The summed E-state index contributed by atoms with van der Waals surface area (Å²) >= 11 is 0.